The van der Waals surface area contributed by atoms with Crippen molar-refractivity contribution in [1.82, 2.24) is 15.5 Å². The second kappa shape index (κ2) is 12.4. The van der Waals surface area contributed by atoms with E-state index in [1.807, 2.05) is 12.1 Å². The molecule has 0 fully saturated rings. The number of benzene rings is 2. The van der Waals surface area contributed by atoms with Crippen molar-refractivity contribution in [2.75, 3.05) is 21.3 Å². The zero-order valence-corrected chi connectivity index (χ0v) is 18.9. The predicted octanol–water partition coefficient (Wildman–Crippen LogP) is 1.46. The molecule has 0 spiro atoms. The van der Waals surface area contributed by atoms with Crippen molar-refractivity contribution in [3.05, 3.63) is 60.3 Å². The van der Waals surface area contributed by atoms with Crippen LogP contribution < -0.4 is 20.1 Å². The number of carboxylic acid groups (broad SMARTS) is 1. The molecule has 3 N–H and O–H groups in total. The summed E-state index contributed by atoms with van der Waals surface area (Å²) in [6, 6.07) is 9.10. The summed E-state index contributed by atoms with van der Waals surface area (Å²) < 4.78 is 10.7. The van der Waals surface area contributed by atoms with Gasteiger partial charge in [0.1, 0.15) is 11.5 Å². The number of ether oxygens (including phenoxy) is 2. The fourth-order valence-corrected chi connectivity index (χ4v) is 3.53. The molecular formula is C24H26N3NaO7. The van der Waals surface area contributed by atoms with Gasteiger partial charge in [-0.2, -0.15) is 0 Å². The molecule has 3 amide bonds. The van der Waals surface area contributed by atoms with Crippen molar-refractivity contribution >= 4 is 53.2 Å². The molecule has 2 aromatic carbocycles. The van der Waals surface area contributed by atoms with Crippen molar-refractivity contribution in [1.29, 1.82) is 0 Å². The third-order valence-electron chi connectivity index (χ3n) is 5.31. The van der Waals surface area contributed by atoms with E-state index in [2.05, 4.69) is 10.6 Å². The molecule has 180 valence electrons. The minimum absolute atomic E-state index is 0. The number of hydrogen-bond acceptors (Lipinski definition) is 6. The summed E-state index contributed by atoms with van der Waals surface area (Å²) >= 11 is 0. The average molecular weight is 491 g/mol. The monoisotopic (exact) mass is 491 g/mol. The molecule has 2 aromatic rings. The van der Waals surface area contributed by atoms with Gasteiger partial charge in [0, 0.05) is 24.9 Å². The standard InChI is InChI=1S/C24H25N3O7.Na.H/c1-27-10-9-19(28)22(23(27)31)26-24(32)25-18(13-21(29)30)15-7-8-20(34-3)17(12-15)14-5-4-6-16(11-14)33-2;;/h4-12,18,22H,13H2,1-3H3,(H,29,30)(H2,25,26,32);;/t18-,22?;;/m0../s1. The van der Waals surface area contributed by atoms with Crippen molar-refractivity contribution < 1.29 is 33.8 Å². The number of carbonyl (C=O) groups is 4. The topological polar surface area (TPSA) is 134 Å². The van der Waals surface area contributed by atoms with Crippen LogP contribution in [0.15, 0.2) is 54.7 Å². The van der Waals surface area contributed by atoms with Gasteiger partial charge in [-0.3, -0.25) is 14.4 Å². The van der Waals surface area contributed by atoms with E-state index in [0.29, 0.717) is 22.6 Å². The van der Waals surface area contributed by atoms with E-state index >= 15 is 0 Å². The van der Waals surface area contributed by atoms with Crippen LogP contribution in [0.1, 0.15) is 18.0 Å². The van der Waals surface area contributed by atoms with Gasteiger partial charge in [-0.25, -0.2) is 4.79 Å². The Balaban J connectivity index is 0.00000432. The summed E-state index contributed by atoms with van der Waals surface area (Å²) in [7, 11) is 4.53. The van der Waals surface area contributed by atoms with E-state index in [4.69, 9.17) is 9.47 Å². The third-order valence-corrected chi connectivity index (χ3v) is 5.31. The van der Waals surface area contributed by atoms with Gasteiger partial charge in [-0.05, 0) is 35.4 Å². The SMILES string of the molecule is COc1cccc(-c2cc([C@H](CC(=O)O)NC(=O)NC3C(=O)C=CN(C)C3=O)ccc2OC)c1.[NaH]. The average Bonchev–Trinajstić information content (AvgIpc) is 2.83. The van der Waals surface area contributed by atoms with Gasteiger partial charge in [0.2, 0.25) is 0 Å². The number of likely N-dealkylation sites (N-methyl/N-ethyl adjacent to an activating group) is 1. The number of hydrogen-bond donors (Lipinski definition) is 3. The van der Waals surface area contributed by atoms with Gasteiger partial charge < -0.3 is 30.1 Å². The Hall–Kier alpha value is -3.34. The van der Waals surface area contributed by atoms with E-state index in [-0.39, 0.29) is 29.6 Å². The number of ketones is 1. The number of rotatable bonds is 8. The first-order valence-electron chi connectivity index (χ1n) is 10.3. The first kappa shape index (κ1) is 27.9. The van der Waals surface area contributed by atoms with Crippen LogP contribution in [0, 0.1) is 0 Å². The molecular weight excluding hydrogens is 465 g/mol. The Kier molecular flexibility index (Phi) is 9.88. The van der Waals surface area contributed by atoms with Crippen LogP contribution in [-0.2, 0) is 14.4 Å². The molecule has 1 unspecified atom stereocenters. The molecule has 1 heterocycles. The second-order valence-electron chi connectivity index (χ2n) is 7.56. The molecule has 11 heteroatoms. The number of urea groups is 1. The van der Waals surface area contributed by atoms with Crippen LogP contribution in [0.5, 0.6) is 11.5 Å². The Morgan fingerprint density at radius 2 is 1.86 bits per heavy atom. The number of amides is 3. The molecule has 3 rings (SSSR count). The number of carbonyl (C=O) groups excluding carboxylic acids is 3. The molecule has 35 heavy (non-hydrogen) atoms. The van der Waals surface area contributed by atoms with E-state index in [9.17, 15) is 24.3 Å². The van der Waals surface area contributed by atoms with E-state index in [1.54, 1.807) is 37.4 Å². The maximum atomic E-state index is 12.6. The molecule has 0 saturated heterocycles. The summed E-state index contributed by atoms with van der Waals surface area (Å²) in [5.41, 5.74) is 1.93. The first-order chi connectivity index (χ1) is 16.2. The molecule has 2 atom stereocenters. The van der Waals surface area contributed by atoms with Gasteiger partial charge in [-0.1, -0.05) is 18.2 Å². The quantitative estimate of drug-likeness (QED) is 0.376. The number of nitrogens with zero attached hydrogens (tertiary/aromatic N) is 1. The normalized spacial score (nSPS) is 15.6. The van der Waals surface area contributed by atoms with E-state index < -0.39 is 42.2 Å². The predicted molar refractivity (Wildman–Crippen MR) is 129 cm³/mol. The minimum atomic E-state index is -1.39. The Morgan fingerprint density at radius 3 is 2.51 bits per heavy atom. The maximum absolute atomic E-state index is 12.6. The Labute approximate surface area is 224 Å². The third kappa shape index (κ3) is 6.84. The number of aliphatic carboxylic acids is 1. The van der Waals surface area contributed by atoms with Gasteiger partial charge in [0.15, 0.2) is 11.8 Å². The summed E-state index contributed by atoms with van der Waals surface area (Å²) in [6.45, 7) is 0. The van der Waals surface area contributed by atoms with Crippen LogP contribution in [0.2, 0.25) is 0 Å². The summed E-state index contributed by atoms with van der Waals surface area (Å²) in [4.78, 5) is 49.6. The molecule has 0 bridgehead atoms. The summed E-state index contributed by atoms with van der Waals surface area (Å²) in [6.07, 6.45) is 2.07. The fraction of sp³-hybridized carbons (Fsp3) is 0.250. The number of carboxylic acids is 1. The first-order valence-corrected chi connectivity index (χ1v) is 10.3. The van der Waals surface area contributed by atoms with E-state index in [1.165, 1.54) is 31.3 Å². The van der Waals surface area contributed by atoms with Gasteiger partial charge >= 0.3 is 41.6 Å². The van der Waals surface area contributed by atoms with Crippen LogP contribution in [0.25, 0.3) is 11.1 Å². The van der Waals surface area contributed by atoms with Crippen LogP contribution in [0.3, 0.4) is 0 Å². The van der Waals surface area contributed by atoms with Crippen molar-refractivity contribution in [2.45, 2.75) is 18.5 Å². The molecule has 10 nitrogen and oxygen atoms in total. The summed E-state index contributed by atoms with van der Waals surface area (Å²) in [5.74, 6) is -1.13. The molecule has 0 saturated carbocycles. The number of methoxy groups -OCH3 is 2. The molecule has 1 aliphatic rings. The Bertz CT molecular complexity index is 1150. The van der Waals surface area contributed by atoms with Gasteiger partial charge in [0.05, 0.1) is 26.7 Å². The van der Waals surface area contributed by atoms with Gasteiger partial charge in [-0.15, -0.1) is 0 Å². The van der Waals surface area contributed by atoms with Crippen LogP contribution >= 0.6 is 0 Å². The van der Waals surface area contributed by atoms with Crippen molar-refractivity contribution in [2.24, 2.45) is 0 Å². The Morgan fingerprint density at radius 1 is 1.11 bits per heavy atom. The second-order valence-corrected chi connectivity index (χ2v) is 7.56. The van der Waals surface area contributed by atoms with Gasteiger partial charge in [0.25, 0.3) is 5.91 Å². The molecule has 0 radical (unpaired) electrons. The van der Waals surface area contributed by atoms with Crippen molar-refractivity contribution in [3.63, 3.8) is 0 Å². The van der Waals surface area contributed by atoms with Crippen LogP contribution in [0.4, 0.5) is 4.79 Å². The zero-order valence-electron chi connectivity index (χ0n) is 18.9. The van der Waals surface area contributed by atoms with Crippen LogP contribution in [-0.4, -0.2) is 90.6 Å². The molecule has 1 aliphatic heterocycles. The summed E-state index contributed by atoms with van der Waals surface area (Å²) in [5, 5.41) is 14.3. The van der Waals surface area contributed by atoms with E-state index in [0.717, 1.165) is 5.56 Å². The zero-order chi connectivity index (χ0) is 24.8. The molecule has 0 aromatic heterocycles. The fourth-order valence-electron chi connectivity index (χ4n) is 3.53. The number of nitrogens with one attached hydrogen (secondary N) is 2. The molecule has 0 aliphatic carbocycles. The van der Waals surface area contributed by atoms with Crippen molar-refractivity contribution in [3.8, 4) is 22.6 Å².